The third kappa shape index (κ3) is 2.29. The zero-order valence-corrected chi connectivity index (χ0v) is 11.3. The summed E-state index contributed by atoms with van der Waals surface area (Å²) in [5.41, 5.74) is 1.87. The molecule has 92 valence electrons. The Balaban J connectivity index is 2.59. The summed E-state index contributed by atoms with van der Waals surface area (Å²) in [4.78, 5) is 9.01. The van der Waals surface area contributed by atoms with Crippen molar-refractivity contribution in [2.75, 3.05) is 0 Å². The maximum Gasteiger partial charge on any atom is 0.160 e. The Labute approximate surface area is 107 Å². The Morgan fingerprint density at radius 3 is 2.82 bits per heavy atom. The number of rotatable bonds is 4. The van der Waals surface area contributed by atoms with Crippen molar-refractivity contribution in [2.24, 2.45) is 0 Å². The second-order valence-electron chi connectivity index (χ2n) is 4.44. The van der Waals surface area contributed by atoms with Gasteiger partial charge in [-0.25, -0.2) is 9.97 Å². The van der Waals surface area contributed by atoms with Gasteiger partial charge in [-0.3, -0.25) is 0 Å². The zero-order chi connectivity index (χ0) is 12.4. The lowest BCUT2D eigenvalue weighted by atomic mass is 10.2. The highest BCUT2D eigenvalue weighted by atomic mass is 35.5. The third-order valence-corrected chi connectivity index (χ3v) is 3.17. The van der Waals surface area contributed by atoms with Crippen LogP contribution in [0.15, 0.2) is 18.3 Å². The Morgan fingerprint density at radius 2 is 2.18 bits per heavy atom. The summed E-state index contributed by atoms with van der Waals surface area (Å²) in [5, 5.41) is -0.0940. The van der Waals surface area contributed by atoms with Crippen molar-refractivity contribution in [1.82, 2.24) is 14.5 Å². The summed E-state index contributed by atoms with van der Waals surface area (Å²) < 4.78 is 2.18. The van der Waals surface area contributed by atoms with Gasteiger partial charge in [0.15, 0.2) is 5.65 Å². The standard InChI is InChI=1S/C13H18ClN3/c1-4-6-9(2)17-12(10(3)14)16-11-7-5-8-15-13(11)17/h5,7-10H,4,6H2,1-3H3. The van der Waals surface area contributed by atoms with Crippen molar-refractivity contribution < 1.29 is 0 Å². The van der Waals surface area contributed by atoms with E-state index in [1.165, 1.54) is 0 Å². The van der Waals surface area contributed by atoms with E-state index in [4.69, 9.17) is 11.6 Å². The quantitative estimate of drug-likeness (QED) is 0.767. The fourth-order valence-electron chi connectivity index (χ4n) is 2.21. The fraction of sp³-hybridized carbons (Fsp3) is 0.538. The molecule has 0 saturated carbocycles. The summed E-state index contributed by atoms with van der Waals surface area (Å²) in [6, 6.07) is 4.28. The van der Waals surface area contributed by atoms with E-state index in [1.54, 1.807) is 0 Å². The largest absolute Gasteiger partial charge is 0.309 e. The van der Waals surface area contributed by atoms with Crippen molar-refractivity contribution in [3.8, 4) is 0 Å². The molecule has 0 radical (unpaired) electrons. The molecular weight excluding hydrogens is 234 g/mol. The van der Waals surface area contributed by atoms with Gasteiger partial charge in [-0.1, -0.05) is 13.3 Å². The molecule has 0 aliphatic carbocycles. The summed E-state index contributed by atoms with van der Waals surface area (Å²) in [7, 11) is 0. The van der Waals surface area contributed by atoms with E-state index in [1.807, 2.05) is 25.3 Å². The molecule has 4 heteroatoms. The Kier molecular flexibility index (Phi) is 3.67. The second-order valence-corrected chi connectivity index (χ2v) is 5.09. The average molecular weight is 252 g/mol. The summed E-state index contributed by atoms with van der Waals surface area (Å²) in [5.74, 6) is 0.918. The topological polar surface area (TPSA) is 30.7 Å². The molecule has 2 unspecified atom stereocenters. The highest BCUT2D eigenvalue weighted by Crippen LogP contribution is 2.28. The van der Waals surface area contributed by atoms with E-state index >= 15 is 0 Å². The van der Waals surface area contributed by atoms with Crippen LogP contribution in [0.25, 0.3) is 11.2 Å². The SMILES string of the molecule is CCCC(C)n1c(C(C)Cl)nc2cccnc21. The number of imidazole rings is 1. The van der Waals surface area contributed by atoms with Crippen molar-refractivity contribution in [2.45, 2.75) is 45.0 Å². The van der Waals surface area contributed by atoms with E-state index in [-0.39, 0.29) is 5.38 Å². The molecule has 0 amide bonds. The minimum Gasteiger partial charge on any atom is -0.309 e. The monoisotopic (exact) mass is 251 g/mol. The first kappa shape index (κ1) is 12.4. The summed E-state index contributed by atoms with van der Waals surface area (Å²) in [6.07, 6.45) is 4.06. The predicted octanol–water partition coefficient (Wildman–Crippen LogP) is 4.09. The van der Waals surface area contributed by atoms with Crippen LogP contribution in [0, 0.1) is 0 Å². The van der Waals surface area contributed by atoms with E-state index in [2.05, 4.69) is 28.4 Å². The van der Waals surface area contributed by atoms with Crippen LogP contribution >= 0.6 is 11.6 Å². The van der Waals surface area contributed by atoms with Gasteiger partial charge < -0.3 is 4.57 Å². The highest BCUT2D eigenvalue weighted by Gasteiger charge is 2.18. The summed E-state index contributed by atoms with van der Waals surface area (Å²) in [6.45, 7) is 6.34. The molecule has 0 N–H and O–H groups in total. The molecule has 0 aliphatic heterocycles. The number of nitrogens with zero attached hydrogens (tertiary/aromatic N) is 3. The second kappa shape index (κ2) is 5.05. The Bertz CT molecular complexity index is 504. The molecule has 17 heavy (non-hydrogen) atoms. The van der Waals surface area contributed by atoms with Crippen molar-refractivity contribution in [3.05, 3.63) is 24.2 Å². The number of alkyl halides is 1. The van der Waals surface area contributed by atoms with Gasteiger partial charge in [0, 0.05) is 12.2 Å². The first-order valence-corrected chi connectivity index (χ1v) is 6.55. The fourth-order valence-corrected chi connectivity index (χ4v) is 2.36. The molecule has 0 bridgehead atoms. The maximum absolute atomic E-state index is 6.21. The number of hydrogen-bond donors (Lipinski definition) is 0. The normalized spacial score (nSPS) is 15.1. The Morgan fingerprint density at radius 1 is 1.41 bits per heavy atom. The van der Waals surface area contributed by atoms with Crippen molar-refractivity contribution in [1.29, 1.82) is 0 Å². The maximum atomic E-state index is 6.21. The van der Waals surface area contributed by atoms with Crippen LogP contribution in [0.3, 0.4) is 0 Å². The first-order chi connectivity index (χ1) is 8.15. The summed E-state index contributed by atoms with van der Waals surface area (Å²) >= 11 is 6.21. The molecule has 2 atom stereocenters. The molecule has 2 aromatic rings. The molecule has 2 heterocycles. The Hall–Kier alpha value is -1.09. The molecule has 0 aromatic carbocycles. The van der Waals surface area contributed by atoms with E-state index in [9.17, 15) is 0 Å². The van der Waals surface area contributed by atoms with Gasteiger partial charge in [-0.15, -0.1) is 11.6 Å². The van der Waals surface area contributed by atoms with Crippen LogP contribution in [0.4, 0.5) is 0 Å². The van der Waals surface area contributed by atoms with Gasteiger partial charge in [0.05, 0.1) is 5.38 Å². The smallest absolute Gasteiger partial charge is 0.160 e. The van der Waals surface area contributed by atoms with Gasteiger partial charge in [-0.2, -0.15) is 0 Å². The molecule has 0 spiro atoms. The van der Waals surface area contributed by atoms with Crippen LogP contribution in [0.5, 0.6) is 0 Å². The first-order valence-electron chi connectivity index (χ1n) is 6.12. The molecule has 0 aliphatic rings. The highest BCUT2D eigenvalue weighted by molar-refractivity contribution is 6.20. The van der Waals surface area contributed by atoms with Crippen LogP contribution in [0.2, 0.25) is 0 Å². The van der Waals surface area contributed by atoms with Crippen LogP contribution in [0.1, 0.15) is 50.9 Å². The lowest BCUT2D eigenvalue weighted by molar-refractivity contribution is 0.491. The predicted molar refractivity (Wildman–Crippen MR) is 71.4 cm³/mol. The molecule has 3 nitrogen and oxygen atoms in total. The molecule has 0 saturated heterocycles. The zero-order valence-electron chi connectivity index (χ0n) is 10.5. The number of aromatic nitrogens is 3. The molecule has 2 aromatic heterocycles. The number of halogens is 1. The molecular formula is C13H18ClN3. The third-order valence-electron chi connectivity index (χ3n) is 2.98. The van der Waals surface area contributed by atoms with Crippen LogP contribution < -0.4 is 0 Å². The van der Waals surface area contributed by atoms with Gasteiger partial charge in [-0.05, 0) is 32.4 Å². The van der Waals surface area contributed by atoms with E-state index in [0.717, 1.165) is 29.8 Å². The number of hydrogen-bond acceptors (Lipinski definition) is 2. The van der Waals surface area contributed by atoms with E-state index < -0.39 is 0 Å². The van der Waals surface area contributed by atoms with Gasteiger partial charge in [0.25, 0.3) is 0 Å². The molecule has 2 rings (SSSR count). The van der Waals surface area contributed by atoms with E-state index in [0.29, 0.717) is 6.04 Å². The van der Waals surface area contributed by atoms with Gasteiger partial charge in [0.1, 0.15) is 11.3 Å². The lowest BCUT2D eigenvalue weighted by Gasteiger charge is -2.17. The van der Waals surface area contributed by atoms with Crippen LogP contribution in [-0.4, -0.2) is 14.5 Å². The van der Waals surface area contributed by atoms with Gasteiger partial charge in [0.2, 0.25) is 0 Å². The minimum atomic E-state index is -0.0940. The minimum absolute atomic E-state index is 0.0940. The lowest BCUT2D eigenvalue weighted by Crippen LogP contribution is -2.10. The molecule has 0 fully saturated rings. The van der Waals surface area contributed by atoms with Crippen LogP contribution in [-0.2, 0) is 0 Å². The number of pyridine rings is 1. The van der Waals surface area contributed by atoms with Crippen molar-refractivity contribution >= 4 is 22.8 Å². The van der Waals surface area contributed by atoms with Crippen molar-refractivity contribution in [3.63, 3.8) is 0 Å². The van der Waals surface area contributed by atoms with Gasteiger partial charge >= 0.3 is 0 Å². The average Bonchev–Trinajstić information content (AvgIpc) is 2.68. The number of fused-ring (bicyclic) bond motifs is 1.